The summed E-state index contributed by atoms with van der Waals surface area (Å²) in [6, 6.07) is 30.7. The van der Waals surface area contributed by atoms with Gasteiger partial charge in [-0.25, -0.2) is 19.9 Å². The Balaban J connectivity index is 1.06. The Labute approximate surface area is 258 Å². The quantitative estimate of drug-likeness (QED) is 0.143. The Morgan fingerprint density at radius 2 is 1.42 bits per heavy atom. The number of carbonyl (C=O) groups is 1. The molecule has 4 heterocycles. The second-order valence-electron chi connectivity index (χ2n) is 10.4. The van der Waals surface area contributed by atoms with Crippen LogP contribution in [-0.2, 0) is 0 Å². The number of H-pyrrole nitrogens is 1. The first kappa shape index (κ1) is 27.4. The summed E-state index contributed by atoms with van der Waals surface area (Å²) >= 11 is 0. The Bertz CT molecular complexity index is 2130. The summed E-state index contributed by atoms with van der Waals surface area (Å²) in [4.78, 5) is 38.6. The van der Waals surface area contributed by atoms with Gasteiger partial charge in [0.05, 0.1) is 11.4 Å². The van der Waals surface area contributed by atoms with E-state index in [9.17, 15) is 4.79 Å². The predicted molar refractivity (Wildman–Crippen MR) is 177 cm³/mol. The Morgan fingerprint density at radius 3 is 2.20 bits per heavy atom. The summed E-state index contributed by atoms with van der Waals surface area (Å²) in [5.41, 5.74) is 7.98. The van der Waals surface area contributed by atoms with Crippen molar-refractivity contribution in [2.45, 2.75) is 6.92 Å². The molecule has 0 aliphatic rings. The van der Waals surface area contributed by atoms with Gasteiger partial charge in [0.25, 0.3) is 5.91 Å². The number of aromatic nitrogens is 6. The molecular weight excluding hydrogens is 562 g/mol. The minimum absolute atomic E-state index is 0.259. The van der Waals surface area contributed by atoms with Crippen LogP contribution in [0.5, 0.6) is 0 Å². The summed E-state index contributed by atoms with van der Waals surface area (Å²) in [6.07, 6.45) is 6.91. The van der Waals surface area contributed by atoms with Crippen molar-refractivity contribution in [3.63, 3.8) is 0 Å². The summed E-state index contributed by atoms with van der Waals surface area (Å²) < 4.78 is 0. The standard InChI is InChI=1S/C35H27N9O/c1-22-9-10-27(20-31(22)44-35-38-16-13-29(42-35)23-6-3-2-4-7-23)39-33(45)32-19-25-18-26(11-12-28(25)41-32)40-34-37-17-14-30(43-34)24-8-5-15-36-21-24/h2-21,41H,1H3,(H,39,45)(H,37,40,43)(H,38,42,44). The average Bonchev–Trinajstić information content (AvgIpc) is 3.51. The number of nitrogens with one attached hydrogen (secondary N) is 4. The van der Waals surface area contributed by atoms with Gasteiger partial charge < -0.3 is 20.9 Å². The first-order chi connectivity index (χ1) is 22.1. The second-order valence-corrected chi connectivity index (χ2v) is 10.4. The molecule has 0 aliphatic carbocycles. The zero-order chi connectivity index (χ0) is 30.6. The molecule has 0 bridgehead atoms. The Kier molecular flexibility index (Phi) is 7.35. The highest BCUT2D eigenvalue weighted by Gasteiger charge is 2.13. The fourth-order valence-electron chi connectivity index (χ4n) is 4.90. The number of amides is 1. The maximum Gasteiger partial charge on any atom is 0.272 e. The number of aromatic amines is 1. The average molecular weight is 590 g/mol. The van der Waals surface area contributed by atoms with Crippen molar-refractivity contribution < 1.29 is 4.79 Å². The number of pyridine rings is 1. The lowest BCUT2D eigenvalue weighted by Gasteiger charge is -2.12. The maximum atomic E-state index is 13.3. The van der Waals surface area contributed by atoms with Crippen LogP contribution in [0.15, 0.2) is 122 Å². The van der Waals surface area contributed by atoms with E-state index in [0.29, 0.717) is 23.3 Å². The van der Waals surface area contributed by atoms with E-state index >= 15 is 0 Å². The topological polar surface area (TPSA) is 133 Å². The third-order valence-corrected chi connectivity index (χ3v) is 7.20. The maximum absolute atomic E-state index is 13.3. The SMILES string of the molecule is Cc1ccc(NC(=O)c2cc3cc(Nc4nccc(-c5cccnc5)n4)ccc3[nH]2)cc1Nc1nccc(-c2ccccc2)n1. The molecule has 1 amide bonds. The zero-order valence-corrected chi connectivity index (χ0v) is 24.2. The molecule has 218 valence electrons. The summed E-state index contributed by atoms with van der Waals surface area (Å²) in [5.74, 6) is 0.674. The van der Waals surface area contributed by atoms with Gasteiger partial charge in [-0.3, -0.25) is 9.78 Å². The molecule has 7 aromatic rings. The number of fused-ring (bicyclic) bond motifs is 1. The van der Waals surface area contributed by atoms with Crippen LogP contribution in [0.3, 0.4) is 0 Å². The number of carbonyl (C=O) groups excluding carboxylic acids is 1. The van der Waals surface area contributed by atoms with E-state index in [2.05, 4.69) is 45.9 Å². The van der Waals surface area contributed by atoms with Crippen LogP contribution in [-0.4, -0.2) is 35.8 Å². The third-order valence-electron chi connectivity index (χ3n) is 7.20. The predicted octanol–water partition coefficient (Wildman–Crippen LogP) is 7.52. The molecule has 10 heteroatoms. The van der Waals surface area contributed by atoms with E-state index in [1.54, 1.807) is 24.8 Å². The first-order valence-electron chi connectivity index (χ1n) is 14.3. The summed E-state index contributed by atoms with van der Waals surface area (Å²) in [5, 5.41) is 10.4. The molecule has 0 saturated heterocycles. The van der Waals surface area contributed by atoms with Crippen LogP contribution in [0.25, 0.3) is 33.4 Å². The molecule has 0 saturated carbocycles. The zero-order valence-electron chi connectivity index (χ0n) is 24.2. The molecule has 0 spiro atoms. The smallest absolute Gasteiger partial charge is 0.272 e. The molecule has 0 aliphatic heterocycles. The van der Waals surface area contributed by atoms with Gasteiger partial charge in [0.2, 0.25) is 11.9 Å². The van der Waals surface area contributed by atoms with E-state index < -0.39 is 0 Å². The highest BCUT2D eigenvalue weighted by molar-refractivity contribution is 6.06. The summed E-state index contributed by atoms with van der Waals surface area (Å²) in [6.45, 7) is 1.98. The van der Waals surface area contributed by atoms with Gasteiger partial charge in [-0.15, -0.1) is 0 Å². The minimum atomic E-state index is -0.259. The van der Waals surface area contributed by atoms with Crippen LogP contribution in [0, 0.1) is 6.92 Å². The molecule has 0 unspecified atom stereocenters. The van der Waals surface area contributed by atoms with E-state index in [1.165, 1.54) is 0 Å². The van der Waals surface area contributed by atoms with Gasteiger partial charge >= 0.3 is 0 Å². The van der Waals surface area contributed by atoms with Crippen molar-refractivity contribution in [1.29, 1.82) is 0 Å². The molecule has 4 N–H and O–H groups in total. The molecule has 0 fully saturated rings. The van der Waals surface area contributed by atoms with Crippen LogP contribution < -0.4 is 16.0 Å². The van der Waals surface area contributed by atoms with E-state index in [4.69, 9.17) is 0 Å². The normalized spacial score (nSPS) is 10.9. The van der Waals surface area contributed by atoms with Crippen molar-refractivity contribution in [2.75, 3.05) is 16.0 Å². The Hall–Kier alpha value is -6.42. The van der Waals surface area contributed by atoms with Gasteiger partial charge in [-0.05, 0) is 73.2 Å². The van der Waals surface area contributed by atoms with Crippen molar-refractivity contribution in [1.82, 2.24) is 29.9 Å². The Morgan fingerprint density at radius 1 is 0.689 bits per heavy atom. The fourth-order valence-corrected chi connectivity index (χ4v) is 4.90. The molecule has 0 radical (unpaired) electrons. The molecule has 10 nitrogen and oxygen atoms in total. The highest BCUT2D eigenvalue weighted by Crippen LogP contribution is 2.27. The number of hydrogen-bond donors (Lipinski definition) is 4. The van der Waals surface area contributed by atoms with Crippen molar-refractivity contribution >= 4 is 45.8 Å². The van der Waals surface area contributed by atoms with E-state index in [-0.39, 0.29) is 5.91 Å². The first-order valence-corrected chi connectivity index (χ1v) is 14.3. The molecule has 7 rings (SSSR count). The van der Waals surface area contributed by atoms with Crippen molar-refractivity contribution in [3.8, 4) is 22.5 Å². The van der Waals surface area contributed by atoms with Crippen molar-refractivity contribution in [3.05, 3.63) is 133 Å². The lowest BCUT2D eigenvalue weighted by atomic mass is 10.1. The van der Waals surface area contributed by atoms with Crippen LogP contribution >= 0.6 is 0 Å². The van der Waals surface area contributed by atoms with Gasteiger partial charge in [-0.2, -0.15) is 0 Å². The largest absolute Gasteiger partial charge is 0.351 e. The number of aryl methyl sites for hydroxylation is 1. The summed E-state index contributed by atoms with van der Waals surface area (Å²) in [7, 11) is 0. The number of benzene rings is 3. The number of hydrogen-bond acceptors (Lipinski definition) is 8. The van der Waals surface area contributed by atoms with Gasteiger partial charge in [-0.1, -0.05) is 36.4 Å². The minimum Gasteiger partial charge on any atom is -0.351 e. The fraction of sp³-hybridized carbons (Fsp3) is 0.0286. The van der Waals surface area contributed by atoms with Gasteiger partial charge in [0, 0.05) is 63.9 Å². The molecule has 4 aromatic heterocycles. The van der Waals surface area contributed by atoms with E-state index in [1.807, 2.05) is 104 Å². The second kappa shape index (κ2) is 12.1. The van der Waals surface area contributed by atoms with Crippen LogP contribution in [0.1, 0.15) is 16.1 Å². The van der Waals surface area contributed by atoms with Gasteiger partial charge in [0.1, 0.15) is 5.69 Å². The number of rotatable bonds is 8. The monoisotopic (exact) mass is 589 g/mol. The molecule has 45 heavy (non-hydrogen) atoms. The highest BCUT2D eigenvalue weighted by atomic mass is 16.1. The van der Waals surface area contributed by atoms with Gasteiger partial charge in [0.15, 0.2) is 0 Å². The van der Waals surface area contributed by atoms with Crippen molar-refractivity contribution in [2.24, 2.45) is 0 Å². The van der Waals surface area contributed by atoms with Crippen LogP contribution in [0.4, 0.5) is 29.0 Å². The molecule has 3 aromatic carbocycles. The third kappa shape index (κ3) is 6.20. The number of nitrogens with zero attached hydrogens (tertiary/aromatic N) is 5. The lowest BCUT2D eigenvalue weighted by molar-refractivity contribution is 0.102. The number of anilines is 5. The molecule has 0 atom stereocenters. The van der Waals surface area contributed by atoms with Crippen LogP contribution in [0.2, 0.25) is 0 Å². The lowest BCUT2D eigenvalue weighted by Crippen LogP contribution is -2.12. The molecular formula is C35H27N9O. The van der Waals surface area contributed by atoms with E-state index in [0.717, 1.165) is 50.4 Å².